The molecule has 0 aliphatic carbocycles. The van der Waals surface area contributed by atoms with Crippen LogP contribution < -0.4 is 4.74 Å². The Hall–Kier alpha value is -1.74. The zero-order chi connectivity index (χ0) is 12.4. The summed E-state index contributed by atoms with van der Waals surface area (Å²) >= 11 is 0. The molecule has 1 N–H and O–H groups in total. The fourth-order valence-corrected chi connectivity index (χ4v) is 2.29. The normalized spacial score (nSPS) is 19.9. The minimum absolute atomic E-state index is 0.181. The Morgan fingerprint density at radius 1 is 1.17 bits per heavy atom. The van der Waals surface area contributed by atoms with Crippen molar-refractivity contribution in [3.8, 4) is 11.5 Å². The number of aromatic hydroxyl groups is 1. The molecule has 0 radical (unpaired) electrons. The van der Waals surface area contributed by atoms with Crippen LogP contribution in [0.5, 0.6) is 11.5 Å². The maximum atomic E-state index is 9.96. The van der Waals surface area contributed by atoms with Crippen molar-refractivity contribution in [3.05, 3.63) is 36.4 Å². The molecule has 0 bridgehead atoms. The van der Waals surface area contributed by atoms with E-state index in [4.69, 9.17) is 9.47 Å². The van der Waals surface area contributed by atoms with Gasteiger partial charge >= 0.3 is 0 Å². The third-order valence-electron chi connectivity index (χ3n) is 3.22. The molecule has 1 aliphatic heterocycles. The minimum Gasteiger partial charge on any atom is -0.507 e. The summed E-state index contributed by atoms with van der Waals surface area (Å²) in [7, 11) is 0. The first-order chi connectivity index (χ1) is 8.83. The third kappa shape index (κ3) is 2.27. The molecular formula is C15H16O3. The van der Waals surface area contributed by atoms with Crippen LogP contribution in [0.3, 0.4) is 0 Å². The Morgan fingerprint density at radius 2 is 2.06 bits per heavy atom. The quantitative estimate of drug-likeness (QED) is 0.879. The first-order valence-electron chi connectivity index (χ1n) is 6.33. The second-order valence-corrected chi connectivity index (χ2v) is 4.58. The molecule has 94 valence electrons. The number of benzene rings is 2. The standard InChI is InChI=1S/C15H16O3/c16-14-10-12(18-15-7-3-4-8-17-15)9-11-5-1-2-6-13(11)14/h1-2,5-6,9-10,15-16H,3-4,7-8H2. The molecule has 2 aromatic rings. The monoisotopic (exact) mass is 244 g/mol. The highest BCUT2D eigenvalue weighted by Crippen LogP contribution is 2.31. The summed E-state index contributed by atoms with van der Waals surface area (Å²) in [5, 5.41) is 11.8. The number of phenols is 1. The van der Waals surface area contributed by atoms with E-state index in [1.807, 2.05) is 30.3 Å². The summed E-state index contributed by atoms with van der Waals surface area (Å²) in [6.07, 6.45) is 2.96. The molecule has 1 saturated heterocycles. The van der Waals surface area contributed by atoms with Gasteiger partial charge in [-0.25, -0.2) is 0 Å². The molecule has 3 rings (SSSR count). The van der Waals surface area contributed by atoms with Crippen molar-refractivity contribution < 1.29 is 14.6 Å². The van der Waals surface area contributed by atoms with Crippen molar-refractivity contribution in [2.24, 2.45) is 0 Å². The number of fused-ring (bicyclic) bond motifs is 1. The van der Waals surface area contributed by atoms with Crippen LogP contribution in [0.25, 0.3) is 10.8 Å². The highest BCUT2D eigenvalue weighted by Gasteiger charge is 2.15. The molecular weight excluding hydrogens is 228 g/mol. The molecule has 0 aromatic heterocycles. The van der Waals surface area contributed by atoms with Gasteiger partial charge in [0.1, 0.15) is 11.5 Å². The first-order valence-corrected chi connectivity index (χ1v) is 6.33. The lowest BCUT2D eigenvalue weighted by Crippen LogP contribution is -2.24. The zero-order valence-corrected chi connectivity index (χ0v) is 10.1. The first kappa shape index (κ1) is 11.4. The molecule has 1 atom stereocenters. The average Bonchev–Trinajstić information content (AvgIpc) is 2.40. The highest BCUT2D eigenvalue weighted by molar-refractivity contribution is 5.89. The van der Waals surface area contributed by atoms with Gasteiger partial charge in [-0.2, -0.15) is 0 Å². The summed E-state index contributed by atoms with van der Waals surface area (Å²) in [5.41, 5.74) is 0. The number of ether oxygens (including phenoxy) is 2. The molecule has 3 heteroatoms. The Morgan fingerprint density at radius 3 is 2.89 bits per heavy atom. The molecule has 1 fully saturated rings. The van der Waals surface area contributed by atoms with Crippen LogP contribution in [0.4, 0.5) is 0 Å². The van der Waals surface area contributed by atoms with Gasteiger partial charge in [0.2, 0.25) is 0 Å². The van der Waals surface area contributed by atoms with Crippen molar-refractivity contribution >= 4 is 10.8 Å². The maximum Gasteiger partial charge on any atom is 0.199 e. The van der Waals surface area contributed by atoms with Gasteiger partial charge in [-0.15, -0.1) is 0 Å². The number of hydrogen-bond acceptors (Lipinski definition) is 3. The van der Waals surface area contributed by atoms with E-state index >= 15 is 0 Å². The van der Waals surface area contributed by atoms with Crippen LogP contribution in [0.1, 0.15) is 19.3 Å². The predicted octanol–water partition coefficient (Wildman–Crippen LogP) is 3.45. The van der Waals surface area contributed by atoms with Crippen molar-refractivity contribution in [1.82, 2.24) is 0 Å². The SMILES string of the molecule is Oc1cc(OC2CCCCO2)cc2ccccc12. The van der Waals surface area contributed by atoms with Gasteiger partial charge in [-0.05, 0) is 24.3 Å². The smallest absolute Gasteiger partial charge is 0.199 e. The van der Waals surface area contributed by atoms with E-state index in [-0.39, 0.29) is 12.0 Å². The fourth-order valence-electron chi connectivity index (χ4n) is 2.29. The number of hydrogen-bond donors (Lipinski definition) is 1. The lowest BCUT2D eigenvalue weighted by molar-refractivity contribution is -0.105. The Labute approximate surface area is 106 Å². The van der Waals surface area contributed by atoms with E-state index in [2.05, 4.69) is 0 Å². The van der Waals surface area contributed by atoms with Gasteiger partial charge < -0.3 is 14.6 Å². The Kier molecular flexibility index (Phi) is 3.07. The molecule has 3 nitrogen and oxygen atoms in total. The van der Waals surface area contributed by atoms with Gasteiger partial charge in [0.25, 0.3) is 0 Å². The molecule has 18 heavy (non-hydrogen) atoms. The van der Waals surface area contributed by atoms with E-state index in [1.54, 1.807) is 6.07 Å². The van der Waals surface area contributed by atoms with E-state index in [0.717, 1.165) is 36.6 Å². The summed E-state index contributed by atoms with van der Waals surface area (Å²) in [6, 6.07) is 11.3. The van der Waals surface area contributed by atoms with Crippen molar-refractivity contribution in [3.63, 3.8) is 0 Å². The van der Waals surface area contributed by atoms with E-state index < -0.39 is 0 Å². The summed E-state index contributed by atoms with van der Waals surface area (Å²) in [5.74, 6) is 0.914. The number of phenolic OH excluding ortho intramolecular Hbond substituents is 1. The predicted molar refractivity (Wildman–Crippen MR) is 69.8 cm³/mol. The highest BCUT2D eigenvalue weighted by atomic mass is 16.7. The largest absolute Gasteiger partial charge is 0.507 e. The van der Waals surface area contributed by atoms with Crippen LogP contribution in [0, 0.1) is 0 Å². The van der Waals surface area contributed by atoms with E-state index in [0.29, 0.717) is 5.75 Å². The molecule has 0 amide bonds. The molecule has 0 spiro atoms. The van der Waals surface area contributed by atoms with Crippen molar-refractivity contribution in [2.75, 3.05) is 6.61 Å². The fraction of sp³-hybridized carbons (Fsp3) is 0.333. The van der Waals surface area contributed by atoms with Crippen LogP contribution in [-0.2, 0) is 4.74 Å². The lowest BCUT2D eigenvalue weighted by Gasteiger charge is -2.23. The van der Waals surface area contributed by atoms with Crippen molar-refractivity contribution in [2.45, 2.75) is 25.6 Å². The topological polar surface area (TPSA) is 38.7 Å². The second-order valence-electron chi connectivity index (χ2n) is 4.58. The van der Waals surface area contributed by atoms with Crippen LogP contribution in [0.2, 0.25) is 0 Å². The van der Waals surface area contributed by atoms with Gasteiger partial charge in [0.15, 0.2) is 6.29 Å². The van der Waals surface area contributed by atoms with Crippen LogP contribution >= 0.6 is 0 Å². The summed E-state index contributed by atoms with van der Waals surface area (Å²) < 4.78 is 11.3. The Balaban J connectivity index is 1.87. The van der Waals surface area contributed by atoms with Gasteiger partial charge in [-0.3, -0.25) is 0 Å². The van der Waals surface area contributed by atoms with Crippen molar-refractivity contribution in [1.29, 1.82) is 0 Å². The zero-order valence-electron chi connectivity index (χ0n) is 10.1. The van der Waals surface area contributed by atoms with E-state index in [9.17, 15) is 5.11 Å². The maximum absolute atomic E-state index is 9.96. The van der Waals surface area contributed by atoms with Crippen LogP contribution in [-0.4, -0.2) is 18.0 Å². The summed E-state index contributed by atoms with van der Waals surface area (Å²) in [6.45, 7) is 0.754. The van der Waals surface area contributed by atoms with Gasteiger partial charge in [-0.1, -0.05) is 24.3 Å². The molecule has 2 aromatic carbocycles. The Bertz CT molecular complexity index is 544. The second kappa shape index (κ2) is 4.86. The lowest BCUT2D eigenvalue weighted by atomic mass is 10.1. The molecule has 1 unspecified atom stereocenters. The van der Waals surface area contributed by atoms with Gasteiger partial charge in [0.05, 0.1) is 6.61 Å². The molecule has 1 aliphatic rings. The molecule has 0 saturated carbocycles. The van der Waals surface area contributed by atoms with E-state index in [1.165, 1.54) is 0 Å². The van der Waals surface area contributed by atoms with Crippen LogP contribution in [0.15, 0.2) is 36.4 Å². The average molecular weight is 244 g/mol. The van der Waals surface area contributed by atoms with Gasteiger partial charge in [0, 0.05) is 17.9 Å². The minimum atomic E-state index is -0.181. The number of rotatable bonds is 2. The summed E-state index contributed by atoms with van der Waals surface area (Å²) in [4.78, 5) is 0. The molecule has 1 heterocycles. The third-order valence-corrected chi connectivity index (χ3v) is 3.22.